The quantitative estimate of drug-likeness (QED) is 0.851. The number of halogens is 1. The first-order valence-electron chi connectivity index (χ1n) is 5.22. The lowest BCUT2D eigenvalue weighted by Gasteiger charge is -2.06. The van der Waals surface area contributed by atoms with E-state index in [2.05, 4.69) is 5.32 Å². The predicted molar refractivity (Wildman–Crippen MR) is 66.1 cm³/mol. The van der Waals surface area contributed by atoms with E-state index in [1.807, 2.05) is 37.4 Å². The van der Waals surface area contributed by atoms with Gasteiger partial charge in [-0.3, -0.25) is 0 Å². The van der Waals surface area contributed by atoms with Crippen LogP contribution in [0, 0.1) is 17.1 Å². The molecule has 0 unspecified atom stereocenters. The molecule has 0 fully saturated rings. The van der Waals surface area contributed by atoms with Gasteiger partial charge in [-0.2, -0.15) is 5.26 Å². The van der Waals surface area contributed by atoms with Gasteiger partial charge in [0.2, 0.25) is 0 Å². The van der Waals surface area contributed by atoms with Gasteiger partial charge in [-0.15, -0.1) is 0 Å². The largest absolute Gasteiger partial charge is 0.388 e. The molecule has 0 spiro atoms. The van der Waals surface area contributed by atoms with E-state index >= 15 is 0 Å². The number of hydrogen-bond donors (Lipinski definition) is 1. The molecule has 3 heteroatoms. The van der Waals surface area contributed by atoms with Crippen molar-refractivity contribution in [1.82, 2.24) is 0 Å². The summed E-state index contributed by atoms with van der Waals surface area (Å²) in [7, 11) is 1.81. The Balaban J connectivity index is 2.49. The molecular weight excluding hydrogens is 215 g/mol. The maximum Gasteiger partial charge on any atom is 0.132 e. The second kappa shape index (κ2) is 4.67. The third kappa shape index (κ3) is 2.26. The lowest BCUT2D eigenvalue weighted by Crippen LogP contribution is -1.90. The summed E-state index contributed by atoms with van der Waals surface area (Å²) < 4.78 is 13.8. The van der Waals surface area contributed by atoms with Gasteiger partial charge < -0.3 is 5.32 Å². The molecule has 0 atom stereocenters. The van der Waals surface area contributed by atoms with Crippen molar-refractivity contribution in [2.75, 3.05) is 12.4 Å². The maximum absolute atomic E-state index is 13.8. The zero-order valence-electron chi connectivity index (χ0n) is 9.37. The molecule has 0 heterocycles. The first-order valence-corrected chi connectivity index (χ1v) is 5.22. The van der Waals surface area contributed by atoms with Gasteiger partial charge in [0.25, 0.3) is 0 Å². The van der Waals surface area contributed by atoms with Gasteiger partial charge in [-0.25, -0.2) is 4.39 Å². The van der Waals surface area contributed by atoms with E-state index in [9.17, 15) is 4.39 Å². The summed E-state index contributed by atoms with van der Waals surface area (Å²) in [5, 5.41) is 11.7. The minimum atomic E-state index is -0.377. The molecule has 0 aliphatic carbocycles. The Labute approximate surface area is 99.3 Å². The number of benzene rings is 2. The summed E-state index contributed by atoms with van der Waals surface area (Å²) in [6, 6.07) is 13.9. The van der Waals surface area contributed by atoms with Crippen LogP contribution in [0.4, 0.5) is 10.1 Å². The van der Waals surface area contributed by atoms with Crippen molar-refractivity contribution in [2.24, 2.45) is 0 Å². The third-order valence-corrected chi connectivity index (χ3v) is 2.56. The van der Waals surface area contributed by atoms with Crippen LogP contribution in [-0.4, -0.2) is 7.05 Å². The van der Waals surface area contributed by atoms with Gasteiger partial charge in [-0.05, 0) is 29.8 Å². The van der Waals surface area contributed by atoms with E-state index in [0.29, 0.717) is 11.1 Å². The van der Waals surface area contributed by atoms with Crippen LogP contribution in [0.1, 0.15) is 5.56 Å². The summed E-state index contributed by atoms with van der Waals surface area (Å²) in [4.78, 5) is 0. The highest BCUT2D eigenvalue weighted by Crippen LogP contribution is 2.25. The Morgan fingerprint density at radius 1 is 1.18 bits per heavy atom. The predicted octanol–water partition coefficient (Wildman–Crippen LogP) is 3.41. The molecule has 1 N–H and O–H groups in total. The molecule has 2 rings (SSSR count). The Hall–Kier alpha value is -2.34. The molecule has 0 bridgehead atoms. The summed E-state index contributed by atoms with van der Waals surface area (Å²) in [5.74, 6) is -0.377. The highest BCUT2D eigenvalue weighted by Gasteiger charge is 2.06. The smallest absolute Gasteiger partial charge is 0.132 e. The molecular formula is C14H11FN2. The van der Waals surface area contributed by atoms with Crippen molar-refractivity contribution < 1.29 is 4.39 Å². The molecule has 84 valence electrons. The average Bonchev–Trinajstić information content (AvgIpc) is 2.38. The van der Waals surface area contributed by atoms with Gasteiger partial charge in [0.05, 0.1) is 11.6 Å². The molecule has 17 heavy (non-hydrogen) atoms. The number of nitrogens with one attached hydrogen (secondary N) is 1. The third-order valence-electron chi connectivity index (χ3n) is 2.56. The van der Waals surface area contributed by atoms with Crippen LogP contribution in [-0.2, 0) is 0 Å². The molecule has 0 aromatic heterocycles. The Morgan fingerprint density at radius 3 is 2.65 bits per heavy atom. The number of rotatable bonds is 2. The molecule has 0 radical (unpaired) electrons. The summed E-state index contributed by atoms with van der Waals surface area (Å²) in [6.45, 7) is 0. The number of nitriles is 1. The lowest BCUT2D eigenvalue weighted by atomic mass is 10.0. The maximum atomic E-state index is 13.8. The van der Waals surface area contributed by atoms with Gasteiger partial charge in [0, 0.05) is 18.3 Å². The molecule has 0 aliphatic heterocycles. The molecule has 2 aromatic rings. The SMILES string of the molecule is CNc1cccc(-c2ccc(C#N)cc2F)c1. The fourth-order valence-electron chi connectivity index (χ4n) is 1.66. The van der Waals surface area contributed by atoms with E-state index in [1.165, 1.54) is 6.07 Å². The van der Waals surface area contributed by atoms with Crippen LogP contribution in [0.15, 0.2) is 42.5 Å². The van der Waals surface area contributed by atoms with E-state index in [0.717, 1.165) is 11.3 Å². The number of anilines is 1. The molecule has 2 nitrogen and oxygen atoms in total. The number of hydrogen-bond acceptors (Lipinski definition) is 2. The van der Waals surface area contributed by atoms with Crippen molar-refractivity contribution in [2.45, 2.75) is 0 Å². The van der Waals surface area contributed by atoms with Crippen molar-refractivity contribution in [3.05, 3.63) is 53.8 Å². The minimum Gasteiger partial charge on any atom is -0.388 e. The highest BCUT2D eigenvalue weighted by atomic mass is 19.1. The van der Waals surface area contributed by atoms with Crippen molar-refractivity contribution >= 4 is 5.69 Å². The first kappa shape index (κ1) is 11.2. The molecule has 0 saturated heterocycles. The zero-order valence-corrected chi connectivity index (χ0v) is 9.37. The Bertz CT molecular complexity index is 585. The molecule has 0 saturated carbocycles. The fourth-order valence-corrected chi connectivity index (χ4v) is 1.66. The van der Waals surface area contributed by atoms with Crippen LogP contribution >= 0.6 is 0 Å². The van der Waals surface area contributed by atoms with Crippen LogP contribution in [0.3, 0.4) is 0 Å². The van der Waals surface area contributed by atoms with Crippen molar-refractivity contribution in [3.8, 4) is 17.2 Å². The van der Waals surface area contributed by atoms with Gasteiger partial charge in [-0.1, -0.05) is 18.2 Å². The standard InChI is InChI=1S/C14H11FN2/c1-17-12-4-2-3-11(8-12)13-6-5-10(9-16)7-14(13)15/h2-8,17H,1H3. The molecule has 0 amide bonds. The monoisotopic (exact) mass is 226 g/mol. The zero-order chi connectivity index (χ0) is 12.3. The highest BCUT2D eigenvalue weighted by molar-refractivity contribution is 5.69. The van der Waals surface area contributed by atoms with Crippen LogP contribution in [0.25, 0.3) is 11.1 Å². The van der Waals surface area contributed by atoms with Crippen molar-refractivity contribution in [1.29, 1.82) is 5.26 Å². The summed E-state index contributed by atoms with van der Waals surface area (Å²) in [6.07, 6.45) is 0. The lowest BCUT2D eigenvalue weighted by molar-refractivity contribution is 0.631. The second-order valence-corrected chi connectivity index (χ2v) is 3.64. The molecule has 0 aliphatic rings. The normalized spacial score (nSPS) is 9.71. The van der Waals surface area contributed by atoms with E-state index in [-0.39, 0.29) is 5.82 Å². The van der Waals surface area contributed by atoms with Gasteiger partial charge in [0.15, 0.2) is 0 Å². The summed E-state index contributed by atoms with van der Waals surface area (Å²) in [5.41, 5.74) is 2.54. The van der Waals surface area contributed by atoms with Crippen LogP contribution in [0.2, 0.25) is 0 Å². The van der Waals surface area contributed by atoms with Gasteiger partial charge in [0.1, 0.15) is 5.82 Å². The van der Waals surface area contributed by atoms with Crippen LogP contribution in [0.5, 0.6) is 0 Å². The minimum absolute atomic E-state index is 0.330. The second-order valence-electron chi connectivity index (χ2n) is 3.64. The van der Waals surface area contributed by atoms with E-state index in [4.69, 9.17) is 5.26 Å². The summed E-state index contributed by atoms with van der Waals surface area (Å²) >= 11 is 0. The van der Waals surface area contributed by atoms with E-state index < -0.39 is 0 Å². The van der Waals surface area contributed by atoms with E-state index in [1.54, 1.807) is 12.1 Å². The number of nitrogens with zero attached hydrogens (tertiary/aromatic N) is 1. The Morgan fingerprint density at radius 2 is 2.00 bits per heavy atom. The van der Waals surface area contributed by atoms with Crippen LogP contribution < -0.4 is 5.32 Å². The Kier molecular flexibility index (Phi) is 3.06. The molecule has 2 aromatic carbocycles. The topological polar surface area (TPSA) is 35.8 Å². The van der Waals surface area contributed by atoms with Gasteiger partial charge >= 0.3 is 0 Å². The van der Waals surface area contributed by atoms with Crippen molar-refractivity contribution in [3.63, 3.8) is 0 Å². The first-order chi connectivity index (χ1) is 8.24. The average molecular weight is 226 g/mol. The fraction of sp³-hybridized carbons (Fsp3) is 0.0714.